The number of furan rings is 1. The highest BCUT2D eigenvalue weighted by molar-refractivity contribution is 5.98. The van der Waals surface area contributed by atoms with Gasteiger partial charge in [-0.05, 0) is 19.1 Å². The van der Waals surface area contributed by atoms with E-state index < -0.39 is 0 Å². The molecule has 0 bridgehead atoms. The summed E-state index contributed by atoms with van der Waals surface area (Å²) in [6.07, 6.45) is 2.18. The molecule has 0 saturated heterocycles. The summed E-state index contributed by atoms with van der Waals surface area (Å²) in [7, 11) is 3.21. The molecule has 2 aromatic heterocycles. The summed E-state index contributed by atoms with van der Waals surface area (Å²) in [5.74, 6) is 0.837. The number of hydrogen-bond donors (Lipinski definition) is 1. The zero-order valence-corrected chi connectivity index (χ0v) is 14.7. The molecule has 7 nitrogen and oxygen atoms in total. The van der Waals surface area contributed by atoms with Crippen LogP contribution < -0.4 is 15.6 Å². The minimum Gasteiger partial charge on any atom is -0.496 e. The summed E-state index contributed by atoms with van der Waals surface area (Å²) < 4.78 is 12.5. The number of methoxy groups -OCH3 is 1. The van der Waals surface area contributed by atoms with Crippen molar-refractivity contribution in [1.82, 2.24) is 14.8 Å². The van der Waals surface area contributed by atoms with Crippen molar-refractivity contribution in [2.75, 3.05) is 27.2 Å². The maximum absolute atomic E-state index is 13.2. The second-order valence-corrected chi connectivity index (χ2v) is 6.13. The average Bonchev–Trinajstić information content (AvgIpc) is 3.04. The molecule has 0 spiro atoms. The van der Waals surface area contributed by atoms with Gasteiger partial charge in [-0.1, -0.05) is 0 Å². The van der Waals surface area contributed by atoms with E-state index in [4.69, 9.17) is 9.15 Å². The Labute approximate surface area is 146 Å². The minimum absolute atomic E-state index is 0.145. The first-order chi connectivity index (χ1) is 12.0. The van der Waals surface area contributed by atoms with Gasteiger partial charge in [-0.2, -0.15) is 0 Å². The molecule has 1 amide bonds. The van der Waals surface area contributed by atoms with Gasteiger partial charge < -0.3 is 23.9 Å². The van der Waals surface area contributed by atoms with Crippen LogP contribution in [0.25, 0.3) is 0 Å². The number of nitrogens with zero attached hydrogens (tertiary/aromatic N) is 2. The SMILES string of the molecule is COc1cc(=O)n2c(c1C(=O)N(C)[C@@H](C)c1ccco1)CCNCC2. The Kier molecular flexibility index (Phi) is 4.94. The first kappa shape index (κ1) is 17.3. The second-order valence-electron chi connectivity index (χ2n) is 6.13. The van der Waals surface area contributed by atoms with Crippen LogP contribution in [0, 0.1) is 0 Å². The Morgan fingerprint density at radius 1 is 1.44 bits per heavy atom. The molecule has 0 aliphatic carbocycles. The van der Waals surface area contributed by atoms with Crippen LogP contribution in [0.3, 0.4) is 0 Å². The van der Waals surface area contributed by atoms with Gasteiger partial charge in [0.25, 0.3) is 11.5 Å². The van der Waals surface area contributed by atoms with Crippen molar-refractivity contribution in [3.05, 3.63) is 51.8 Å². The van der Waals surface area contributed by atoms with Gasteiger partial charge in [-0.3, -0.25) is 9.59 Å². The molecule has 0 fully saturated rings. The Morgan fingerprint density at radius 2 is 2.24 bits per heavy atom. The largest absolute Gasteiger partial charge is 0.496 e. The predicted molar refractivity (Wildman–Crippen MR) is 93.0 cm³/mol. The molecule has 1 aliphatic heterocycles. The summed E-state index contributed by atoms with van der Waals surface area (Å²) >= 11 is 0. The highest BCUT2D eigenvalue weighted by atomic mass is 16.5. The van der Waals surface area contributed by atoms with E-state index in [0.717, 1.165) is 5.69 Å². The maximum Gasteiger partial charge on any atom is 0.259 e. The summed E-state index contributed by atoms with van der Waals surface area (Å²) in [6, 6.07) is 4.80. The van der Waals surface area contributed by atoms with E-state index in [1.54, 1.807) is 28.8 Å². The van der Waals surface area contributed by atoms with Crippen LogP contribution >= 0.6 is 0 Å². The lowest BCUT2D eigenvalue weighted by molar-refractivity contribution is 0.0720. The number of carbonyl (C=O) groups excluding carboxylic acids is 1. The van der Waals surface area contributed by atoms with Crippen LogP contribution in [0.4, 0.5) is 0 Å². The lowest BCUT2D eigenvalue weighted by atomic mass is 10.1. The number of hydrogen-bond acceptors (Lipinski definition) is 5. The summed E-state index contributed by atoms with van der Waals surface area (Å²) in [4.78, 5) is 27.2. The maximum atomic E-state index is 13.2. The average molecular weight is 345 g/mol. The highest BCUT2D eigenvalue weighted by Gasteiger charge is 2.28. The number of fused-ring (bicyclic) bond motifs is 1. The summed E-state index contributed by atoms with van der Waals surface area (Å²) in [5, 5.41) is 3.26. The van der Waals surface area contributed by atoms with E-state index in [-0.39, 0.29) is 17.5 Å². The highest BCUT2D eigenvalue weighted by Crippen LogP contribution is 2.27. The predicted octanol–water partition coefficient (Wildman–Crippen LogP) is 1.43. The number of carbonyl (C=O) groups is 1. The van der Waals surface area contributed by atoms with Gasteiger partial charge >= 0.3 is 0 Å². The van der Waals surface area contributed by atoms with Crippen LogP contribution in [0.1, 0.15) is 34.8 Å². The summed E-state index contributed by atoms with van der Waals surface area (Å²) in [5.41, 5.74) is 1.03. The molecule has 1 N–H and O–H groups in total. The fourth-order valence-corrected chi connectivity index (χ4v) is 3.16. The quantitative estimate of drug-likeness (QED) is 0.907. The molecule has 1 atom stereocenters. The molecule has 0 radical (unpaired) electrons. The molecular formula is C18H23N3O4. The Bertz CT molecular complexity index is 810. The van der Waals surface area contributed by atoms with E-state index in [2.05, 4.69) is 5.32 Å². The molecule has 0 aromatic carbocycles. The van der Waals surface area contributed by atoms with Crippen molar-refractivity contribution in [2.24, 2.45) is 0 Å². The van der Waals surface area contributed by atoms with Crippen LogP contribution in [0.15, 0.2) is 33.7 Å². The molecule has 3 heterocycles. The van der Waals surface area contributed by atoms with Crippen LogP contribution in [-0.2, 0) is 13.0 Å². The molecular weight excluding hydrogens is 322 g/mol. The van der Waals surface area contributed by atoms with Gasteiger partial charge in [0, 0.05) is 44.9 Å². The van der Waals surface area contributed by atoms with Crippen molar-refractivity contribution in [1.29, 1.82) is 0 Å². The molecule has 0 saturated carbocycles. The molecule has 0 unspecified atom stereocenters. The Balaban J connectivity index is 2.06. The zero-order valence-electron chi connectivity index (χ0n) is 14.7. The summed E-state index contributed by atoms with van der Waals surface area (Å²) in [6.45, 7) is 3.85. The molecule has 7 heteroatoms. The van der Waals surface area contributed by atoms with E-state index in [9.17, 15) is 9.59 Å². The van der Waals surface area contributed by atoms with E-state index in [1.807, 2.05) is 13.0 Å². The topological polar surface area (TPSA) is 76.7 Å². The van der Waals surface area contributed by atoms with Gasteiger partial charge in [0.15, 0.2) is 0 Å². The molecule has 134 valence electrons. The van der Waals surface area contributed by atoms with Crippen molar-refractivity contribution in [2.45, 2.75) is 25.9 Å². The third-order valence-electron chi connectivity index (χ3n) is 4.72. The van der Waals surface area contributed by atoms with Crippen molar-refractivity contribution in [3.8, 4) is 5.75 Å². The lowest BCUT2D eigenvalue weighted by Crippen LogP contribution is -2.34. The lowest BCUT2D eigenvalue weighted by Gasteiger charge is -2.26. The first-order valence-corrected chi connectivity index (χ1v) is 8.36. The second kappa shape index (κ2) is 7.14. The number of amides is 1. The normalized spacial score (nSPS) is 15.2. The molecule has 2 aromatic rings. The molecule has 25 heavy (non-hydrogen) atoms. The van der Waals surface area contributed by atoms with Crippen molar-refractivity contribution >= 4 is 5.91 Å². The number of pyridine rings is 1. The van der Waals surface area contributed by atoms with Gasteiger partial charge in [-0.25, -0.2) is 0 Å². The standard InChI is InChI=1S/C18H23N3O4/c1-12(14-5-4-10-25-14)20(2)18(23)17-13-6-7-19-8-9-21(13)16(22)11-15(17)24-3/h4-5,10-12,19H,6-9H2,1-3H3/t12-/m0/s1. The fraction of sp³-hybridized carbons (Fsp3) is 0.444. The Morgan fingerprint density at radius 3 is 2.92 bits per heavy atom. The number of ether oxygens (including phenoxy) is 1. The number of nitrogens with one attached hydrogen (secondary N) is 1. The zero-order chi connectivity index (χ0) is 18.0. The van der Waals surface area contributed by atoms with Crippen LogP contribution in [-0.4, -0.2) is 42.6 Å². The minimum atomic E-state index is -0.233. The van der Waals surface area contributed by atoms with Crippen molar-refractivity contribution in [3.63, 3.8) is 0 Å². The van der Waals surface area contributed by atoms with E-state index in [1.165, 1.54) is 13.2 Å². The van der Waals surface area contributed by atoms with Crippen LogP contribution in [0.2, 0.25) is 0 Å². The third kappa shape index (κ3) is 3.19. The number of aromatic nitrogens is 1. The van der Waals surface area contributed by atoms with Gasteiger partial charge in [0.05, 0.1) is 19.4 Å². The van der Waals surface area contributed by atoms with Gasteiger partial charge in [0.1, 0.15) is 17.1 Å². The van der Waals surface area contributed by atoms with E-state index in [0.29, 0.717) is 43.1 Å². The fourth-order valence-electron chi connectivity index (χ4n) is 3.16. The molecule has 3 rings (SSSR count). The van der Waals surface area contributed by atoms with Gasteiger partial charge in [0.2, 0.25) is 0 Å². The Hall–Kier alpha value is -2.54. The monoisotopic (exact) mass is 345 g/mol. The number of rotatable bonds is 4. The smallest absolute Gasteiger partial charge is 0.259 e. The third-order valence-corrected chi connectivity index (χ3v) is 4.72. The van der Waals surface area contributed by atoms with Gasteiger partial charge in [-0.15, -0.1) is 0 Å². The molecule has 1 aliphatic rings. The van der Waals surface area contributed by atoms with Crippen molar-refractivity contribution < 1.29 is 13.9 Å². The van der Waals surface area contributed by atoms with E-state index >= 15 is 0 Å². The van der Waals surface area contributed by atoms with Crippen LogP contribution in [0.5, 0.6) is 5.75 Å². The first-order valence-electron chi connectivity index (χ1n) is 8.36.